The molecule has 5 nitrogen and oxygen atoms in total. The zero-order valence-corrected chi connectivity index (χ0v) is 11.4. The highest BCUT2D eigenvalue weighted by molar-refractivity contribution is 6.64. The quantitative estimate of drug-likeness (QED) is 0.788. The van der Waals surface area contributed by atoms with Gasteiger partial charge in [-0.15, -0.1) is 0 Å². The third-order valence-electron chi connectivity index (χ3n) is 3.98. The van der Waals surface area contributed by atoms with Crippen LogP contribution in [0.5, 0.6) is 0 Å². The van der Waals surface area contributed by atoms with Crippen LogP contribution in [0.25, 0.3) is 11.1 Å². The number of hydrogen-bond donors (Lipinski definition) is 1. The van der Waals surface area contributed by atoms with Crippen LogP contribution >= 0.6 is 0 Å². The molecule has 2 heterocycles. The van der Waals surface area contributed by atoms with Gasteiger partial charge in [-0.3, -0.25) is 4.98 Å². The van der Waals surface area contributed by atoms with E-state index in [0.29, 0.717) is 11.1 Å². The lowest BCUT2D eigenvalue weighted by molar-refractivity contribution is 0.00578. The third-order valence-corrected chi connectivity index (χ3v) is 3.98. The minimum absolute atomic E-state index is 0.420. The van der Waals surface area contributed by atoms with Gasteiger partial charge >= 0.3 is 12.9 Å². The van der Waals surface area contributed by atoms with Crippen LogP contribution in [-0.2, 0) is 9.31 Å². The number of oxazole rings is 1. The van der Waals surface area contributed by atoms with Gasteiger partial charge in [-0.2, -0.15) is 0 Å². The van der Waals surface area contributed by atoms with Crippen molar-refractivity contribution in [3.05, 3.63) is 28.7 Å². The second-order valence-electron chi connectivity index (χ2n) is 5.83. The third kappa shape index (κ3) is 1.83. The summed E-state index contributed by atoms with van der Waals surface area (Å²) >= 11 is 0. The van der Waals surface area contributed by atoms with Gasteiger partial charge in [-0.1, -0.05) is 12.1 Å². The number of aromatic nitrogens is 1. The minimum atomic E-state index is -0.535. The molecule has 0 bridgehead atoms. The van der Waals surface area contributed by atoms with E-state index in [1.54, 1.807) is 6.07 Å². The monoisotopic (exact) mass is 261 g/mol. The summed E-state index contributed by atoms with van der Waals surface area (Å²) in [6, 6.07) is 5.48. The topological polar surface area (TPSA) is 64.5 Å². The van der Waals surface area contributed by atoms with Crippen molar-refractivity contribution < 1.29 is 13.7 Å². The molecule has 19 heavy (non-hydrogen) atoms. The smallest absolute Gasteiger partial charge is 0.408 e. The van der Waals surface area contributed by atoms with Crippen LogP contribution in [0.15, 0.2) is 27.4 Å². The minimum Gasteiger partial charge on any atom is -0.408 e. The van der Waals surface area contributed by atoms with E-state index in [1.807, 2.05) is 39.8 Å². The summed E-state index contributed by atoms with van der Waals surface area (Å²) in [7, 11) is -0.535. The molecule has 1 N–H and O–H groups in total. The van der Waals surface area contributed by atoms with Gasteiger partial charge in [0, 0.05) is 5.46 Å². The van der Waals surface area contributed by atoms with Crippen molar-refractivity contribution in [1.82, 2.24) is 4.98 Å². The first kappa shape index (κ1) is 12.5. The maximum absolute atomic E-state index is 11.3. The predicted molar refractivity (Wildman–Crippen MR) is 72.6 cm³/mol. The molecule has 0 aliphatic carbocycles. The van der Waals surface area contributed by atoms with Gasteiger partial charge in [-0.05, 0) is 33.8 Å². The molecule has 1 aromatic heterocycles. The molecule has 6 heteroatoms. The van der Waals surface area contributed by atoms with Crippen molar-refractivity contribution in [3.63, 3.8) is 0 Å². The molecule has 0 saturated carbocycles. The molecule has 1 aliphatic rings. The number of rotatable bonds is 1. The van der Waals surface area contributed by atoms with E-state index in [2.05, 4.69) is 4.98 Å². The van der Waals surface area contributed by atoms with Crippen LogP contribution in [0.3, 0.4) is 0 Å². The SMILES string of the molecule is CC1(C)OB(c2cccc3[nH]c(=O)oc23)OC1(C)C. The number of benzene rings is 1. The normalized spacial score (nSPS) is 21.2. The molecule has 0 atom stereocenters. The fraction of sp³-hybridized carbons (Fsp3) is 0.462. The summed E-state index contributed by atoms with van der Waals surface area (Å²) < 4.78 is 17.1. The summed E-state index contributed by atoms with van der Waals surface area (Å²) in [6.07, 6.45) is 0. The highest BCUT2D eigenvalue weighted by Gasteiger charge is 2.52. The second kappa shape index (κ2) is 3.74. The molecule has 1 saturated heterocycles. The predicted octanol–water partition coefficient (Wildman–Crippen LogP) is 1.42. The van der Waals surface area contributed by atoms with Crippen molar-refractivity contribution in [2.75, 3.05) is 0 Å². The number of aromatic amines is 1. The fourth-order valence-corrected chi connectivity index (χ4v) is 2.15. The second-order valence-corrected chi connectivity index (χ2v) is 5.83. The summed E-state index contributed by atoms with van der Waals surface area (Å²) in [5, 5.41) is 0. The Morgan fingerprint density at radius 3 is 2.37 bits per heavy atom. The molecule has 0 amide bonds. The number of para-hydroxylation sites is 1. The summed E-state index contributed by atoms with van der Waals surface area (Å²) in [6.45, 7) is 7.95. The molecule has 1 aromatic carbocycles. The maximum atomic E-state index is 11.3. The maximum Gasteiger partial charge on any atom is 0.498 e. The van der Waals surface area contributed by atoms with Gasteiger partial charge in [0.05, 0.1) is 16.7 Å². The average molecular weight is 261 g/mol. The van der Waals surface area contributed by atoms with E-state index < -0.39 is 24.1 Å². The van der Waals surface area contributed by atoms with Crippen molar-refractivity contribution in [3.8, 4) is 0 Å². The molecule has 0 unspecified atom stereocenters. The highest BCUT2D eigenvalue weighted by atomic mass is 16.7. The molecule has 3 rings (SSSR count). The zero-order chi connectivity index (χ0) is 13.8. The van der Waals surface area contributed by atoms with E-state index in [-0.39, 0.29) is 0 Å². The Hall–Kier alpha value is -1.53. The first-order chi connectivity index (χ1) is 8.80. The lowest BCUT2D eigenvalue weighted by Crippen LogP contribution is -2.41. The Labute approximate surface area is 111 Å². The van der Waals surface area contributed by atoms with Gasteiger partial charge in [-0.25, -0.2) is 4.79 Å². The van der Waals surface area contributed by atoms with Gasteiger partial charge in [0.2, 0.25) is 0 Å². The summed E-state index contributed by atoms with van der Waals surface area (Å²) in [5.74, 6) is -0.473. The van der Waals surface area contributed by atoms with Crippen molar-refractivity contribution >= 4 is 23.7 Å². The van der Waals surface area contributed by atoms with Crippen LogP contribution in [0, 0.1) is 0 Å². The number of fused-ring (bicyclic) bond motifs is 1. The van der Waals surface area contributed by atoms with E-state index >= 15 is 0 Å². The Morgan fingerprint density at radius 1 is 1.11 bits per heavy atom. The van der Waals surface area contributed by atoms with Crippen LogP contribution in [-0.4, -0.2) is 23.3 Å². The van der Waals surface area contributed by atoms with Crippen LogP contribution in [0.4, 0.5) is 0 Å². The van der Waals surface area contributed by atoms with Crippen LogP contribution in [0.2, 0.25) is 0 Å². The first-order valence-electron chi connectivity index (χ1n) is 6.27. The van der Waals surface area contributed by atoms with E-state index in [1.165, 1.54) is 0 Å². The molecular formula is C13H16BNO4. The van der Waals surface area contributed by atoms with E-state index in [9.17, 15) is 4.79 Å². The van der Waals surface area contributed by atoms with Gasteiger partial charge in [0.15, 0.2) is 5.58 Å². The van der Waals surface area contributed by atoms with Crippen molar-refractivity contribution in [2.24, 2.45) is 0 Å². The Balaban J connectivity index is 2.09. The Bertz CT molecular complexity index is 669. The summed E-state index contributed by atoms with van der Waals surface area (Å²) in [4.78, 5) is 13.9. The number of nitrogens with one attached hydrogen (secondary N) is 1. The molecule has 0 radical (unpaired) electrons. The Kier molecular flexibility index (Phi) is 2.46. The molecule has 100 valence electrons. The molecule has 2 aromatic rings. The van der Waals surface area contributed by atoms with Crippen LogP contribution < -0.4 is 11.2 Å². The Morgan fingerprint density at radius 2 is 1.74 bits per heavy atom. The summed E-state index contributed by atoms with van der Waals surface area (Å²) in [5.41, 5.74) is 1.03. The van der Waals surface area contributed by atoms with Gasteiger partial charge in [0.1, 0.15) is 0 Å². The highest BCUT2D eigenvalue weighted by Crippen LogP contribution is 2.36. The molecule has 0 spiro atoms. The lowest BCUT2D eigenvalue weighted by atomic mass is 9.78. The average Bonchev–Trinajstić information content (AvgIpc) is 2.75. The lowest BCUT2D eigenvalue weighted by Gasteiger charge is -2.32. The first-order valence-corrected chi connectivity index (χ1v) is 6.27. The largest absolute Gasteiger partial charge is 0.498 e. The molecule has 1 aliphatic heterocycles. The molecule has 1 fully saturated rings. The van der Waals surface area contributed by atoms with Crippen molar-refractivity contribution in [2.45, 2.75) is 38.9 Å². The standard InChI is InChI=1S/C13H16BNO4/c1-12(2)13(3,4)19-14(18-12)8-6-5-7-9-10(8)17-11(16)15-9/h5-7H,1-4H3,(H,15,16). The van der Waals surface area contributed by atoms with Crippen LogP contribution in [0.1, 0.15) is 27.7 Å². The zero-order valence-electron chi connectivity index (χ0n) is 11.4. The fourth-order valence-electron chi connectivity index (χ4n) is 2.15. The van der Waals surface area contributed by atoms with Crippen molar-refractivity contribution in [1.29, 1.82) is 0 Å². The van der Waals surface area contributed by atoms with Gasteiger partial charge < -0.3 is 13.7 Å². The van der Waals surface area contributed by atoms with E-state index in [0.717, 1.165) is 5.46 Å². The van der Waals surface area contributed by atoms with E-state index in [4.69, 9.17) is 13.7 Å². The molecular weight excluding hydrogens is 245 g/mol. The number of H-pyrrole nitrogens is 1. The van der Waals surface area contributed by atoms with Gasteiger partial charge in [0.25, 0.3) is 0 Å². The number of hydrogen-bond acceptors (Lipinski definition) is 4.